The predicted octanol–water partition coefficient (Wildman–Crippen LogP) is -0.158. The molecule has 4 nitrogen and oxygen atoms in total. The molecule has 0 amide bonds. The molecular formula is C7H9ClNO3-. The van der Waals surface area contributed by atoms with Gasteiger partial charge in [-0.3, -0.25) is 0 Å². The average molecular weight is 191 g/mol. The molecule has 0 saturated carbocycles. The third-order valence-electron chi connectivity index (χ3n) is 1.79. The number of rotatable bonds is 2. The zero-order valence-corrected chi connectivity index (χ0v) is 7.59. The number of carboxylic acids is 1. The van der Waals surface area contributed by atoms with E-state index in [1.54, 1.807) is 6.92 Å². The van der Waals surface area contributed by atoms with Crippen LogP contribution in [0.1, 0.15) is 13.8 Å². The molecule has 0 saturated heterocycles. The smallest absolute Gasteiger partial charge is 0.220 e. The van der Waals surface area contributed by atoms with E-state index in [-0.39, 0.29) is 16.8 Å². The van der Waals surface area contributed by atoms with Gasteiger partial charge in [0.15, 0.2) is 0 Å². The Morgan fingerprint density at radius 1 is 1.83 bits per heavy atom. The molecule has 0 N–H and O–H groups in total. The van der Waals surface area contributed by atoms with Gasteiger partial charge in [0.05, 0.1) is 17.6 Å². The Kier molecular flexibility index (Phi) is 2.59. The Morgan fingerprint density at radius 3 is 2.67 bits per heavy atom. The van der Waals surface area contributed by atoms with Crippen LogP contribution in [-0.2, 0) is 9.63 Å². The van der Waals surface area contributed by atoms with Gasteiger partial charge in [-0.2, -0.15) is 0 Å². The molecule has 12 heavy (non-hydrogen) atoms. The van der Waals surface area contributed by atoms with Gasteiger partial charge in [0.2, 0.25) is 5.22 Å². The van der Waals surface area contributed by atoms with Crippen LogP contribution < -0.4 is 5.11 Å². The molecule has 1 aliphatic rings. The highest BCUT2D eigenvalue weighted by molar-refractivity contribution is 6.30. The summed E-state index contributed by atoms with van der Waals surface area (Å²) in [4.78, 5) is 15.5. The second kappa shape index (κ2) is 3.33. The Hall–Kier alpha value is -0.740. The minimum atomic E-state index is -1.27. The number of aliphatic carboxylic acids is 1. The van der Waals surface area contributed by atoms with Crippen LogP contribution in [-0.4, -0.2) is 23.6 Å². The first kappa shape index (κ1) is 9.35. The monoisotopic (exact) mass is 190 g/mol. The van der Waals surface area contributed by atoms with Crippen molar-refractivity contribution in [1.82, 2.24) is 5.06 Å². The van der Waals surface area contributed by atoms with Crippen molar-refractivity contribution in [3.8, 4) is 0 Å². The van der Waals surface area contributed by atoms with Crippen LogP contribution in [0.4, 0.5) is 0 Å². The number of nitrogens with zero attached hydrogens (tertiary/aromatic N) is 1. The lowest BCUT2D eigenvalue weighted by molar-refractivity contribution is -0.299. The zero-order chi connectivity index (χ0) is 9.30. The van der Waals surface area contributed by atoms with Gasteiger partial charge in [-0.25, -0.2) is 0 Å². The highest BCUT2D eigenvalue weighted by atomic mass is 35.5. The van der Waals surface area contributed by atoms with E-state index in [0.29, 0.717) is 6.54 Å². The maximum absolute atomic E-state index is 10.5. The number of hydroxylamine groups is 2. The van der Waals surface area contributed by atoms with Crippen LogP contribution in [0.25, 0.3) is 0 Å². The third kappa shape index (κ3) is 1.40. The Bertz CT molecular complexity index is 239. The van der Waals surface area contributed by atoms with Gasteiger partial charge < -0.3 is 14.7 Å². The van der Waals surface area contributed by atoms with Crippen molar-refractivity contribution < 1.29 is 14.7 Å². The summed E-state index contributed by atoms with van der Waals surface area (Å²) in [5.41, 5.74) is 0.0125. The van der Waals surface area contributed by atoms with Crippen molar-refractivity contribution in [2.45, 2.75) is 19.9 Å². The minimum Gasteiger partial charge on any atom is -0.545 e. The molecular weight excluding hydrogens is 182 g/mol. The van der Waals surface area contributed by atoms with Gasteiger partial charge in [-0.05, 0) is 25.4 Å². The third-order valence-corrected chi connectivity index (χ3v) is 2.06. The second-order valence-corrected chi connectivity index (χ2v) is 2.82. The van der Waals surface area contributed by atoms with Crippen LogP contribution in [0.3, 0.4) is 0 Å². The highest BCUT2D eigenvalue weighted by Crippen LogP contribution is 2.27. The van der Waals surface area contributed by atoms with Crippen LogP contribution in [0.15, 0.2) is 10.8 Å². The summed E-state index contributed by atoms with van der Waals surface area (Å²) in [6.45, 7) is 4.12. The lowest BCUT2D eigenvalue weighted by Crippen LogP contribution is -2.35. The van der Waals surface area contributed by atoms with Crippen molar-refractivity contribution in [2.24, 2.45) is 0 Å². The molecule has 5 heteroatoms. The van der Waals surface area contributed by atoms with Gasteiger partial charge in [0.25, 0.3) is 0 Å². The molecule has 1 rings (SSSR count). The Morgan fingerprint density at radius 2 is 2.42 bits per heavy atom. The SMILES string of the molecule is CCN1OC(Cl)=C(C(=O)[O-])C1C. The topological polar surface area (TPSA) is 52.6 Å². The summed E-state index contributed by atoms with van der Waals surface area (Å²) >= 11 is 5.54. The van der Waals surface area contributed by atoms with E-state index < -0.39 is 5.97 Å². The molecule has 0 fully saturated rings. The van der Waals surface area contributed by atoms with E-state index >= 15 is 0 Å². The average Bonchev–Trinajstić information content (AvgIpc) is 2.25. The van der Waals surface area contributed by atoms with E-state index in [2.05, 4.69) is 0 Å². The van der Waals surface area contributed by atoms with Crippen LogP contribution in [0.2, 0.25) is 0 Å². The van der Waals surface area contributed by atoms with Gasteiger partial charge in [-0.15, -0.1) is 5.06 Å². The summed E-state index contributed by atoms with van der Waals surface area (Å²) in [6, 6.07) is -0.340. The molecule has 0 aromatic rings. The van der Waals surface area contributed by atoms with E-state index in [4.69, 9.17) is 16.4 Å². The van der Waals surface area contributed by atoms with Crippen molar-refractivity contribution in [3.05, 3.63) is 10.8 Å². The molecule has 0 aromatic carbocycles. The first-order chi connectivity index (χ1) is 5.57. The molecule has 0 spiro atoms. The number of carbonyl (C=O) groups excluding carboxylic acids is 1. The van der Waals surface area contributed by atoms with E-state index in [9.17, 15) is 9.90 Å². The van der Waals surface area contributed by atoms with E-state index in [1.807, 2.05) is 6.92 Å². The fourth-order valence-corrected chi connectivity index (χ4v) is 1.45. The Labute approximate surface area is 75.3 Å². The summed E-state index contributed by atoms with van der Waals surface area (Å²) < 4.78 is 0. The van der Waals surface area contributed by atoms with Gasteiger partial charge in [-0.1, -0.05) is 0 Å². The molecule has 0 bridgehead atoms. The quantitative estimate of drug-likeness (QED) is 0.608. The van der Waals surface area contributed by atoms with Gasteiger partial charge in [0, 0.05) is 6.54 Å². The highest BCUT2D eigenvalue weighted by Gasteiger charge is 2.30. The molecule has 0 aromatic heterocycles. The predicted molar refractivity (Wildman–Crippen MR) is 40.8 cm³/mol. The molecule has 1 heterocycles. The summed E-state index contributed by atoms with van der Waals surface area (Å²) in [5, 5.41) is 11.9. The minimum absolute atomic E-state index is 0.0125. The molecule has 0 radical (unpaired) electrons. The normalized spacial score (nSPS) is 24.4. The maximum Gasteiger partial charge on any atom is 0.220 e. The van der Waals surface area contributed by atoms with E-state index in [1.165, 1.54) is 5.06 Å². The van der Waals surface area contributed by atoms with Crippen molar-refractivity contribution >= 4 is 17.6 Å². The lowest BCUT2D eigenvalue weighted by Gasteiger charge is -2.18. The van der Waals surface area contributed by atoms with Crippen LogP contribution in [0.5, 0.6) is 0 Å². The maximum atomic E-state index is 10.5. The molecule has 1 atom stereocenters. The number of likely N-dealkylation sites (N-methyl/N-ethyl adjacent to an activating group) is 1. The fourth-order valence-electron chi connectivity index (χ4n) is 1.13. The molecule has 0 aliphatic carbocycles. The summed E-state index contributed by atoms with van der Waals surface area (Å²) in [5.74, 6) is -1.27. The van der Waals surface area contributed by atoms with Crippen molar-refractivity contribution in [3.63, 3.8) is 0 Å². The second-order valence-electron chi connectivity index (χ2n) is 2.48. The molecule has 68 valence electrons. The van der Waals surface area contributed by atoms with Crippen molar-refractivity contribution in [1.29, 1.82) is 0 Å². The summed E-state index contributed by atoms with van der Waals surface area (Å²) in [7, 11) is 0. The number of halogens is 1. The van der Waals surface area contributed by atoms with Crippen LogP contribution in [0, 0.1) is 0 Å². The number of hydrogen-bond donors (Lipinski definition) is 0. The summed E-state index contributed by atoms with van der Waals surface area (Å²) in [6.07, 6.45) is 0. The largest absolute Gasteiger partial charge is 0.545 e. The standard InChI is InChI=1S/C7H10ClNO3/c1-3-9-4(2)5(7(10)11)6(8)12-9/h4H,3H2,1-2H3,(H,10,11)/p-1. The first-order valence-corrected chi connectivity index (χ1v) is 4.01. The molecule has 1 aliphatic heterocycles. The number of hydrogen-bond acceptors (Lipinski definition) is 4. The fraction of sp³-hybridized carbons (Fsp3) is 0.571. The van der Waals surface area contributed by atoms with Gasteiger partial charge >= 0.3 is 0 Å². The van der Waals surface area contributed by atoms with Gasteiger partial charge in [0.1, 0.15) is 0 Å². The lowest BCUT2D eigenvalue weighted by atomic mass is 10.1. The zero-order valence-electron chi connectivity index (χ0n) is 6.83. The molecule has 1 unspecified atom stereocenters. The van der Waals surface area contributed by atoms with Crippen LogP contribution >= 0.6 is 11.6 Å². The number of carboxylic acid groups (broad SMARTS) is 1. The Balaban J connectivity index is 2.85. The number of carbonyl (C=O) groups is 1. The first-order valence-electron chi connectivity index (χ1n) is 3.63. The van der Waals surface area contributed by atoms with E-state index in [0.717, 1.165) is 0 Å². The van der Waals surface area contributed by atoms with Crippen molar-refractivity contribution in [2.75, 3.05) is 6.54 Å².